The first-order chi connectivity index (χ1) is 10.1. The minimum atomic E-state index is -3.99. The predicted molar refractivity (Wildman–Crippen MR) is 87.3 cm³/mol. The molecule has 0 fully saturated rings. The van der Waals surface area contributed by atoms with E-state index in [2.05, 4.69) is 5.32 Å². The molecule has 22 heavy (non-hydrogen) atoms. The summed E-state index contributed by atoms with van der Waals surface area (Å²) in [6, 6.07) is 6.26. The van der Waals surface area contributed by atoms with Crippen molar-refractivity contribution in [1.29, 1.82) is 0 Å². The van der Waals surface area contributed by atoms with E-state index in [9.17, 15) is 9.36 Å². The first kappa shape index (κ1) is 19.8. The predicted octanol–water partition coefficient (Wildman–Crippen LogP) is 5.07. The number of halogens is 4. The van der Waals surface area contributed by atoms with E-state index in [-0.39, 0.29) is 0 Å². The van der Waals surface area contributed by atoms with Gasteiger partial charge in [0.05, 0.1) is 0 Å². The number of anilines is 1. The average Bonchev–Trinajstić information content (AvgIpc) is 2.43. The van der Waals surface area contributed by atoms with Crippen molar-refractivity contribution in [2.45, 2.75) is 9.64 Å². The van der Waals surface area contributed by atoms with Gasteiger partial charge in [-0.1, -0.05) is 52.5 Å². The molecule has 6 nitrogen and oxygen atoms in total. The highest BCUT2D eigenvalue weighted by Crippen LogP contribution is 2.59. The lowest BCUT2D eigenvalue weighted by atomic mass is 10.3. The van der Waals surface area contributed by atoms with Gasteiger partial charge in [-0.2, -0.15) is 0 Å². The second kappa shape index (κ2) is 8.06. The van der Waals surface area contributed by atoms with Gasteiger partial charge >= 0.3 is 13.7 Å². The van der Waals surface area contributed by atoms with Gasteiger partial charge in [-0.25, -0.2) is 4.79 Å². The molecule has 0 saturated heterocycles. The first-order valence-electron chi connectivity index (χ1n) is 5.63. The lowest BCUT2D eigenvalue weighted by molar-refractivity contribution is 0.124. The Balaban J connectivity index is 2.91. The van der Waals surface area contributed by atoms with Crippen molar-refractivity contribution in [2.75, 3.05) is 19.5 Å². The van der Waals surface area contributed by atoms with E-state index in [0.29, 0.717) is 10.7 Å². The van der Waals surface area contributed by atoms with Gasteiger partial charge in [0.15, 0.2) is 0 Å². The Morgan fingerprint density at radius 2 is 1.86 bits per heavy atom. The summed E-state index contributed by atoms with van der Waals surface area (Å²) in [6.45, 7) is 0. The molecule has 0 aromatic heterocycles. The van der Waals surface area contributed by atoms with E-state index in [1.807, 2.05) is 0 Å². The molecule has 1 aromatic carbocycles. The summed E-state index contributed by atoms with van der Waals surface area (Å²) >= 11 is 22.8. The SMILES string of the molecule is COP(=O)(OC)[C@H](OC(=O)Nc1cccc(Cl)c1)C(Cl)(Cl)Cl. The maximum absolute atomic E-state index is 12.3. The number of carbonyl (C=O) groups excluding carboxylic acids is 1. The van der Waals surface area contributed by atoms with E-state index in [1.54, 1.807) is 18.2 Å². The van der Waals surface area contributed by atoms with E-state index in [1.165, 1.54) is 6.07 Å². The van der Waals surface area contributed by atoms with Gasteiger partial charge in [-0.15, -0.1) is 0 Å². The number of carbonyl (C=O) groups is 1. The van der Waals surface area contributed by atoms with Gasteiger partial charge in [0, 0.05) is 24.9 Å². The third-order valence-corrected chi connectivity index (χ3v) is 5.74. The summed E-state index contributed by atoms with van der Waals surface area (Å²) < 4.78 is 24.4. The van der Waals surface area contributed by atoms with E-state index in [4.69, 9.17) is 60.2 Å². The van der Waals surface area contributed by atoms with Crippen LogP contribution in [-0.2, 0) is 18.3 Å². The number of benzene rings is 1. The van der Waals surface area contributed by atoms with E-state index < -0.39 is 23.3 Å². The highest BCUT2D eigenvalue weighted by Gasteiger charge is 2.51. The van der Waals surface area contributed by atoms with Crippen molar-refractivity contribution >= 4 is 65.8 Å². The highest BCUT2D eigenvalue weighted by molar-refractivity contribution is 7.55. The standard InChI is InChI=1S/C11H12Cl4NO5P/c1-19-22(18,20-2)9(11(13,14)15)21-10(17)16-8-5-3-4-7(12)6-8/h3-6,9H,1-2H3,(H,16,17)/t9-/m0/s1. The molecule has 0 aliphatic rings. The van der Waals surface area contributed by atoms with Gasteiger partial charge in [-0.05, 0) is 18.2 Å². The number of alkyl halides is 3. The molecule has 1 amide bonds. The Morgan fingerprint density at radius 3 is 2.32 bits per heavy atom. The third-order valence-electron chi connectivity index (χ3n) is 2.37. The van der Waals surface area contributed by atoms with Crippen LogP contribution in [0.2, 0.25) is 5.02 Å². The van der Waals surface area contributed by atoms with Gasteiger partial charge in [0.1, 0.15) is 0 Å². The number of nitrogens with one attached hydrogen (secondary N) is 1. The number of hydrogen-bond acceptors (Lipinski definition) is 5. The Kier molecular flexibility index (Phi) is 7.27. The van der Waals surface area contributed by atoms with Crippen LogP contribution in [-0.4, -0.2) is 30.0 Å². The van der Waals surface area contributed by atoms with Crippen LogP contribution in [0.4, 0.5) is 10.5 Å². The first-order valence-corrected chi connectivity index (χ1v) is 8.76. The Labute approximate surface area is 147 Å². The summed E-state index contributed by atoms with van der Waals surface area (Å²) in [5.74, 6) is -1.76. The number of hydrogen-bond donors (Lipinski definition) is 1. The number of rotatable bonds is 5. The molecule has 1 rings (SSSR count). The van der Waals surface area contributed by atoms with Crippen molar-refractivity contribution in [2.24, 2.45) is 0 Å². The van der Waals surface area contributed by atoms with Crippen molar-refractivity contribution in [1.82, 2.24) is 0 Å². The second-order valence-corrected chi connectivity index (χ2v) is 8.92. The van der Waals surface area contributed by atoms with Crippen molar-refractivity contribution in [3.63, 3.8) is 0 Å². The zero-order valence-electron chi connectivity index (χ0n) is 11.4. The number of ether oxygens (including phenoxy) is 1. The lowest BCUT2D eigenvalue weighted by Gasteiger charge is -2.28. The largest absolute Gasteiger partial charge is 0.428 e. The molecule has 0 spiro atoms. The molecule has 0 unspecified atom stereocenters. The van der Waals surface area contributed by atoms with Crippen LogP contribution in [0.25, 0.3) is 0 Å². The topological polar surface area (TPSA) is 73.9 Å². The fourth-order valence-corrected chi connectivity index (χ4v) is 3.91. The molecule has 0 aliphatic carbocycles. The fourth-order valence-electron chi connectivity index (χ4n) is 1.39. The van der Waals surface area contributed by atoms with Crippen LogP contribution < -0.4 is 5.32 Å². The summed E-state index contributed by atoms with van der Waals surface area (Å²) in [6.07, 6.45) is -1.02. The molecule has 11 heteroatoms. The van der Waals surface area contributed by atoms with E-state index >= 15 is 0 Å². The molecule has 0 heterocycles. The maximum Gasteiger partial charge on any atom is 0.412 e. The highest BCUT2D eigenvalue weighted by atomic mass is 35.6. The summed E-state index contributed by atoms with van der Waals surface area (Å²) in [4.78, 5) is 11.9. The van der Waals surface area contributed by atoms with Gasteiger partial charge in [0.2, 0.25) is 3.79 Å². The molecular formula is C11H12Cl4NO5P. The fraction of sp³-hybridized carbons (Fsp3) is 0.364. The van der Waals surface area contributed by atoms with Crippen molar-refractivity contribution < 1.29 is 23.1 Å². The zero-order chi connectivity index (χ0) is 17.0. The average molecular weight is 411 g/mol. The lowest BCUT2D eigenvalue weighted by Crippen LogP contribution is -2.34. The summed E-state index contributed by atoms with van der Waals surface area (Å²) in [7, 11) is -1.84. The summed E-state index contributed by atoms with van der Waals surface area (Å²) in [5.41, 5.74) is 0.338. The van der Waals surface area contributed by atoms with Crippen LogP contribution in [0.5, 0.6) is 0 Å². The Bertz CT molecular complexity index is 572. The zero-order valence-corrected chi connectivity index (χ0v) is 15.3. The van der Waals surface area contributed by atoms with Crippen LogP contribution >= 0.6 is 54.0 Å². The van der Waals surface area contributed by atoms with Gasteiger partial charge < -0.3 is 13.8 Å². The van der Waals surface area contributed by atoms with Crippen molar-refractivity contribution in [3.8, 4) is 0 Å². The molecule has 0 saturated carbocycles. The van der Waals surface area contributed by atoms with Crippen LogP contribution in [0, 0.1) is 0 Å². The molecule has 0 radical (unpaired) electrons. The van der Waals surface area contributed by atoms with Crippen LogP contribution in [0.15, 0.2) is 24.3 Å². The third kappa shape index (κ3) is 5.46. The molecule has 1 N–H and O–H groups in total. The second-order valence-electron chi connectivity index (χ2n) is 3.84. The maximum atomic E-state index is 12.3. The minimum Gasteiger partial charge on any atom is -0.428 e. The summed E-state index contributed by atoms with van der Waals surface area (Å²) in [5, 5.41) is 2.75. The van der Waals surface area contributed by atoms with E-state index in [0.717, 1.165) is 14.2 Å². The Morgan fingerprint density at radius 1 is 1.27 bits per heavy atom. The minimum absolute atomic E-state index is 0.338. The van der Waals surface area contributed by atoms with Crippen LogP contribution in [0.1, 0.15) is 0 Å². The Hall–Kier alpha value is -0.200. The smallest absolute Gasteiger partial charge is 0.412 e. The molecule has 124 valence electrons. The monoisotopic (exact) mass is 409 g/mol. The molecular weight excluding hydrogens is 399 g/mol. The van der Waals surface area contributed by atoms with Gasteiger partial charge in [-0.3, -0.25) is 9.88 Å². The quantitative estimate of drug-likeness (QED) is 0.541. The molecule has 0 aliphatic heterocycles. The number of amides is 1. The normalized spacial score (nSPS) is 13.5. The van der Waals surface area contributed by atoms with Gasteiger partial charge in [0.25, 0.3) is 5.85 Å². The molecule has 0 bridgehead atoms. The van der Waals surface area contributed by atoms with Crippen LogP contribution in [0.3, 0.4) is 0 Å². The van der Waals surface area contributed by atoms with Crippen molar-refractivity contribution in [3.05, 3.63) is 29.3 Å². The molecule has 1 atom stereocenters. The molecule has 1 aromatic rings.